The molecule has 0 saturated carbocycles. The van der Waals surface area contributed by atoms with Crippen LogP contribution in [0.25, 0.3) is 0 Å². The molecule has 2 rings (SSSR count). The van der Waals surface area contributed by atoms with Crippen LogP contribution < -0.4 is 5.32 Å². The summed E-state index contributed by atoms with van der Waals surface area (Å²) in [5, 5.41) is 4.25. The van der Waals surface area contributed by atoms with E-state index in [0.717, 1.165) is 36.5 Å². The van der Waals surface area contributed by atoms with E-state index < -0.39 is 5.60 Å². The van der Waals surface area contributed by atoms with Crippen molar-refractivity contribution in [1.29, 1.82) is 0 Å². The average molecular weight is 339 g/mol. The van der Waals surface area contributed by atoms with Gasteiger partial charge in [-0.15, -0.1) is 0 Å². The highest BCUT2D eigenvalue weighted by Gasteiger charge is 2.32. The summed E-state index contributed by atoms with van der Waals surface area (Å²) < 4.78 is 5.50. The highest BCUT2D eigenvalue weighted by atomic mass is 35.5. The normalized spacial score (nSPS) is 19.7. The fourth-order valence-electron chi connectivity index (χ4n) is 2.82. The second-order valence-electron chi connectivity index (χ2n) is 7.15. The lowest BCUT2D eigenvalue weighted by atomic mass is 10.1. The molecule has 1 fully saturated rings. The number of nitrogens with one attached hydrogen (secondary N) is 1. The van der Waals surface area contributed by atoms with Crippen LogP contribution in [0.2, 0.25) is 5.02 Å². The van der Waals surface area contributed by atoms with E-state index in [-0.39, 0.29) is 18.2 Å². The van der Waals surface area contributed by atoms with Crippen molar-refractivity contribution in [1.82, 2.24) is 10.2 Å². The van der Waals surface area contributed by atoms with Crippen molar-refractivity contribution in [2.45, 2.75) is 58.2 Å². The van der Waals surface area contributed by atoms with Gasteiger partial charge in [-0.3, -0.25) is 0 Å². The topological polar surface area (TPSA) is 41.6 Å². The van der Waals surface area contributed by atoms with Gasteiger partial charge in [-0.1, -0.05) is 23.7 Å². The highest BCUT2D eigenvalue weighted by molar-refractivity contribution is 6.30. The Bertz CT molecular complexity index is 542. The minimum atomic E-state index is -0.453. The first-order chi connectivity index (χ1) is 10.8. The van der Waals surface area contributed by atoms with E-state index in [0.29, 0.717) is 0 Å². The van der Waals surface area contributed by atoms with E-state index in [1.165, 1.54) is 0 Å². The molecule has 2 atom stereocenters. The maximum atomic E-state index is 12.3. The van der Waals surface area contributed by atoms with Crippen molar-refractivity contribution in [3.63, 3.8) is 0 Å². The summed E-state index contributed by atoms with van der Waals surface area (Å²) in [5.41, 5.74) is 0.699. The van der Waals surface area contributed by atoms with Gasteiger partial charge in [0, 0.05) is 30.2 Å². The maximum absolute atomic E-state index is 12.3. The van der Waals surface area contributed by atoms with Crippen molar-refractivity contribution in [3.8, 4) is 0 Å². The van der Waals surface area contributed by atoms with Crippen molar-refractivity contribution in [3.05, 3.63) is 34.9 Å². The Morgan fingerprint density at radius 3 is 2.87 bits per heavy atom. The zero-order valence-electron chi connectivity index (χ0n) is 14.4. The van der Waals surface area contributed by atoms with Gasteiger partial charge in [-0.05, 0) is 58.2 Å². The molecule has 1 unspecified atom stereocenters. The third-order valence-corrected chi connectivity index (χ3v) is 4.25. The van der Waals surface area contributed by atoms with Gasteiger partial charge in [0.25, 0.3) is 0 Å². The van der Waals surface area contributed by atoms with Gasteiger partial charge in [-0.2, -0.15) is 0 Å². The molecule has 1 amide bonds. The maximum Gasteiger partial charge on any atom is 0.410 e. The molecule has 1 N–H and O–H groups in total. The number of halogens is 1. The van der Waals surface area contributed by atoms with E-state index >= 15 is 0 Å². The molecular weight excluding hydrogens is 312 g/mol. The number of hydrogen-bond acceptors (Lipinski definition) is 3. The molecule has 5 heteroatoms. The second kappa shape index (κ2) is 7.54. The van der Waals surface area contributed by atoms with E-state index in [1.54, 1.807) is 0 Å². The van der Waals surface area contributed by atoms with Gasteiger partial charge in [0.15, 0.2) is 0 Å². The summed E-state index contributed by atoms with van der Waals surface area (Å²) in [7, 11) is 0. The summed E-state index contributed by atoms with van der Waals surface area (Å²) >= 11 is 6.05. The number of likely N-dealkylation sites (tertiary alicyclic amines) is 1. The molecule has 128 valence electrons. The molecular formula is C18H27ClN2O2. The van der Waals surface area contributed by atoms with Crippen LogP contribution >= 0.6 is 11.6 Å². The Balaban J connectivity index is 1.90. The fourth-order valence-corrected chi connectivity index (χ4v) is 3.01. The molecule has 1 aromatic carbocycles. The summed E-state index contributed by atoms with van der Waals surface area (Å²) in [6.45, 7) is 9.33. The van der Waals surface area contributed by atoms with Crippen LogP contribution in [0, 0.1) is 0 Å². The zero-order chi connectivity index (χ0) is 17.0. The molecule has 1 saturated heterocycles. The predicted molar refractivity (Wildman–Crippen MR) is 93.8 cm³/mol. The molecule has 0 radical (unpaired) electrons. The monoisotopic (exact) mass is 338 g/mol. The SMILES string of the molecule is C[C@H](NCC1CCCN1C(=O)OC(C)(C)C)c1cccc(Cl)c1. The molecule has 0 bridgehead atoms. The van der Waals surface area contributed by atoms with Crippen molar-refractivity contribution in [2.75, 3.05) is 13.1 Å². The Kier molecular flexibility index (Phi) is 5.93. The minimum absolute atomic E-state index is 0.187. The minimum Gasteiger partial charge on any atom is -0.444 e. The van der Waals surface area contributed by atoms with Crippen molar-refractivity contribution < 1.29 is 9.53 Å². The summed E-state index contributed by atoms with van der Waals surface area (Å²) in [6, 6.07) is 8.24. The van der Waals surface area contributed by atoms with Crippen LogP contribution in [0.4, 0.5) is 4.79 Å². The van der Waals surface area contributed by atoms with Gasteiger partial charge in [0.2, 0.25) is 0 Å². The van der Waals surface area contributed by atoms with Crippen LogP contribution in [-0.2, 0) is 4.74 Å². The first-order valence-electron chi connectivity index (χ1n) is 8.25. The molecule has 1 heterocycles. The lowest BCUT2D eigenvalue weighted by Gasteiger charge is -2.29. The highest BCUT2D eigenvalue weighted by Crippen LogP contribution is 2.22. The summed E-state index contributed by atoms with van der Waals surface area (Å²) in [5.74, 6) is 0. The Morgan fingerprint density at radius 1 is 1.48 bits per heavy atom. The van der Waals surface area contributed by atoms with Crippen molar-refractivity contribution in [2.24, 2.45) is 0 Å². The number of carbonyl (C=O) groups is 1. The summed E-state index contributed by atoms with van der Waals surface area (Å²) in [6.07, 6.45) is 1.82. The predicted octanol–water partition coefficient (Wildman–Crippen LogP) is 4.39. The smallest absolute Gasteiger partial charge is 0.410 e. The number of hydrogen-bond donors (Lipinski definition) is 1. The first-order valence-corrected chi connectivity index (χ1v) is 8.62. The number of nitrogens with zero attached hydrogens (tertiary/aromatic N) is 1. The Morgan fingerprint density at radius 2 is 2.22 bits per heavy atom. The molecule has 4 nitrogen and oxygen atoms in total. The van der Waals surface area contributed by atoms with E-state index in [2.05, 4.69) is 18.3 Å². The molecule has 0 aromatic heterocycles. The number of amides is 1. The third-order valence-electron chi connectivity index (χ3n) is 4.01. The second-order valence-corrected chi connectivity index (χ2v) is 7.59. The van der Waals surface area contributed by atoms with Crippen molar-refractivity contribution >= 4 is 17.7 Å². The molecule has 1 aliphatic rings. The van der Waals surface area contributed by atoms with Crippen LogP contribution in [-0.4, -0.2) is 35.7 Å². The lowest BCUT2D eigenvalue weighted by molar-refractivity contribution is 0.0225. The van der Waals surface area contributed by atoms with Gasteiger partial charge in [0.05, 0.1) is 0 Å². The molecule has 0 spiro atoms. The Hall–Kier alpha value is -1.26. The number of benzene rings is 1. The van der Waals surface area contributed by atoms with Crippen LogP contribution in [0.15, 0.2) is 24.3 Å². The number of ether oxygens (including phenoxy) is 1. The number of carbonyl (C=O) groups excluding carboxylic acids is 1. The Labute approximate surface area is 144 Å². The zero-order valence-corrected chi connectivity index (χ0v) is 15.2. The molecule has 1 aromatic rings. The quantitative estimate of drug-likeness (QED) is 0.885. The molecule has 0 aliphatic carbocycles. The summed E-state index contributed by atoms with van der Waals surface area (Å²) in [4.78, 5) is 14.1. The van der Waals surface area contributed by atoms with Gasteiger partial charge in [-0.25, -0.2) is 4.79 Å². The lowest BCUT2D eigenvalue weighted by Crippen LogP contribution is -2.44. The van der Waals surface area contributed by atoms with E-state index in [9.17, 15) is 4.79 Å². The van der Waals surface area contributed by atoms with E-state index in [1.807, 2.05) is 43.9 Å². The van der Waals surface area contributed by atoms with Crippen LogP contribution in [0.5, 0.6) is 0 Å². The largest absolute Gasteiger partial charge is 0.444 e. The molecule has 1 aliphatic heterocycles. The fraction of sp³-hybridized carbons (Fsp3) is 0.611. The molecule has 23 heavy (non-hydrogen) atoms. The average Bonchev–Trinajstić information content (AvgIpc) is 2.91. The third kappa shape index (κ3) is 5.40. The standard InChI is InChI=1S/C18H27ClN2O2/c1-13(14-7-5-8-15(19)11-14)20-12-16-9-6-10-21(16)17(22)23-18(2,3)4/h5,7-8,11,13,16,20H,6,9-10,12H2,1-4H3/t13-,16?/m0/s1. The van der Waals surface area contributed by atoms with Crippen LogP contribution in [0.3, 0.4) is 0 Å². The first kappa shape index (κ1) is 18.1. The number of rotatable bonds is 4. The van der Waals surface area contributed by atoms with Crippen LogP contribution in [0.1, 0.15) is 52.1 Å². The van der Waals surface area contributed by atoms with E-state index in [4.69, 9.17) is 16.3 Å². The van der Waals surface area contributed by atoms with Gasteiger partial charge < -0.3 is 15.0 Å². The van der Waals surface area contributed by atoms with Gasteiger partial charge in [0.1, 0.15) is 5.60 Å². The van der Waals surface area contributed by atoms with Gasteiger partial charge >= 0.3 is 6.09 Å².